The fraction of sp³-hybridized carbons (Fsp3) is 0.941. The van der Waals surface area contributed by atoms with Crippen LogP contribution in [0.5, 0.6) is 0 Å². The van der Waals surface area contributed by atoms with Crippen LogP contribution in [-0.4, -0.2) is 63.8 Å². The van der Waals surface area contributed by atoms with Crippen molar-refractivity contribution in [2.45, 2.75) is 40.0 Å². The van der Waals surface area contributed by atoms with Gasteiger partial charge in [0.15, 0.2) is 5.96 Å². The van der Waals surface area contributed by atoms with E-state index in [-0.39, 0.29) is 24.0 Å². The molecule has 0 unspecified atom stereocenters. The fourth-order valence-electron chi connectivity index (χ4n) is 2.65. The van der Waals surface area contributed by atoms with Gasteiger partial charge in [-0.2, -0.15) is 0 Å². The molecular weight excluding hydrogens is 403 g/mol. The molecule has 1 rings (SSSR count). The lowest BCUT2D eigenvalue weighted by Gasteiger charge is -2.31. The molecule has 0 aromatic rings. The Morgan fingerprint density at radius 2 is 1.96 bits per heavy atom. The zero-order valence-corrected chi connectivity index (χ0v) is 17.8. The molecule has 0 saturated carbocycles. The molecule has 6 heteroatoms. The number of rotatable bonds is 9. The maximum Gasteiger partial charge on any atom is 0.191 e. The van der Waals surface area contributed by atoms with E-state index in [0.717, 1.165) is 50.6 Å². The van der Waals surface area contributed by atoms with E-state index in [1.54, 1.807) is 7.11 Å². The molecule has 1 aliphatic rings. The summed E-state index contributed by atoms with van der Waals surface area (Å²) < 4.78 is 5.15. The lowest BCUT2D eigenvalue weighted by Crippen LogP contribution is -2.39. The molecule has 1 heterocycles. The van der Waals surface area contributed by atoms with Gasteiger partial charge in [0.2, 0.25) is 0 Å². The highest BCUT2D eigenvalue weighted by Crippen LogP contribution is 2.17. The second kappa shape index (κ2) is 14.3. The quantitative estimate of drug-likeness (QED) is 0.329. The van der Waals surface area contributed by atoms with Gasteiger partial charge in [0.05, 0.1) is 6.61 Å². The van der Waals surface area contributed by atoms with Gasteiger partial charge in [-0.1, -0.05) is 13.8 Å². The minimum Gasteiger partial charge on any atom is -0.383 e. The molecule has 2 N–H and O–H groups in total. The first-order valence-electron chi connectivity index (χ1n) is 8.89. The van der Waals surface area contributed by atoms with Crippen LogP contribution in [0.4, 0.5) is 0 Å². The summed E-state index contributed by atoms with van der Waals surface area (Å²) in [7, 11) is 1.77. The molecule has 0 aliphatic carbocycles. The Morgan fingerprint density at radius 3 is 2.52 bits per heavy atom. The smallest absolute Gasteiger partial charge is 0.191 e. The standard InChI is InChI=1S/C17H36N4O.HI/c1-5-18-17(19-9-6-15(2)3)20-14-16-7-10-21(11-8-16)12-13-22-4;/h15-16H,5-14H2,1-4H3,(H2,18,19,20);1H. The van der Waals surface area contributed by atoms with Crippen molar-refractivity contribution in [3.8, 4) is 0 Å². The topological polar surface area (TPSA) is 48.9 Å². The normalized spacial score (nSPS) is 17.2. The molecule has 1 fully saturated rings. The minimum absolute atomic E-state index is 0. The largest absolute Gasteiger partial charge is 0.383 e. The van der Waals surface area contributed by atoms with Gasteiger partial charge in [-0.05, 0) is 51.1 Å². The van der Waals surface area contributed by atoms with Crippen LogP contribution >= 0.6 is 24.0 Å². The van der Waals surface area contributed by atoms with E-state index in [0.29, 0.717) is 0 Å². The van der Waals surface area contributed by atoms with Crippen LogP contribution < -0.4 is 10.6 Å². The van der Waals surface area contributed by atoms with Gasteiger partial charge in [0, 0.05) is 33.3 Å². The van der Waals surface area contributed by atoms with E-state index in [9.17, 15) is 0 Å². The zero-order chi connectivity index (χ0) is 16.2. The lowest BCUT2D eigenvalue weighted by molar-refractivity contribution is 0.121. The van der Waals surface area contributed by atoms with Gasteiger partial charge in [0.25, 0.3) is 0 Å². The summed E-state index contributed by atoms with van der Waals surface area (Å²) in [4.78, 5) is 7.27. The van der Waals surface area contributed by atoms with Gasteiger partial charge in [-0.15, -0.1) is 24.0 Å². The SMILES string of the molecule is CCNC(=NCC1CCN(CCOC)CC1)NCCC(C)C.I. The van der Waals surface area contributed by atoms with E-state index in [1.807, 2.05) is 0 Å². The van der Waals surface area contributed by atoms with Crippen molar-refractivity contribution >= 4 is 29.9 Å². The number of piperidine rings is 1. The molecule has 1 aliphatic heterocycles. The van der Waals surface area contributed by atoms with Gasteiger partial charge in [-0.3, -0.25) is 4.99 Å². The lowest BCUT2D eigenvalue weighted by atomic mass is 9.97. The summed E-state index contributed by atoms with van der Waals surface area (Å²) >= 11 is 0. The van der Waals surface area contributed by atoms with Crippen molar-refractivity contribution in [1.29, 1.82) is 0 Å². The van der Waals surface area contributed by atoms with Crippen molar-refractivity contribution in [1.82, 2.24) is 15.5 Å². The molecule has 138 valence electrons. The summed E-state index contributed by atoms with van der Waals surface area (Å²) in [6.07, 6.45) is 3.68. The number of methoxy groups -OCH3 is 1. The van der Waals surface area contributed by atoms with E-state index in [1.165, 1.54) is 32.4 Å². The Labute approximate surface area is 160 Å². The highest BCUT2D eigenvalue weighted by atomic mass is 127. The van der Waals surface area contributed by atoms with Crippen molar-refractivity contribution in [3.05, 3.63) is 0 Å². The zero-order valence-electron chi connectivity index (χ0n) is 15.4. The third kappa shape index (κ3) is 11.2. The van der Waals surface area contributed by atoms with Crippen LogP contribution in [0.2, 0.25) is 0 Å². The first kappa shape index (κ1) is 22.9. The number of aliphatic imine (C=N–C) groups is 1. The molecule has 0 bridgehead atoms. The summed E-state index contributed by atoms with van der Waals surface area (Å²) in [5, 5.41) is 6.78. The monoisotopic (exact) mass is 440 g/mol. The van der Waals surface area contributed by atoms with Crippen LogP contribution in [-0.2, 0) is 4.74 Å². The number of ether oxygens (including phenoxy) is 1. The third-order valence-corrected chi connectivity index (χ3v) is 4.18. The number of likely N-dealkylation sites (tertiary alicyclic amines) is 1. The van der Waals surface area contributed by atoms with E-state index < -0.39 is 0 Å². The molecule has 1 saturated heterocycles. The second-order valence-corrected chi connectivity index (χ2v) is 6.61. The molecule has 23 heavy (non-hydrogen) atoms. The Morgan fingerprint density at radius 1 is 1.26 bits per heavy atom. The average Bonchev–Trinajstić information content (AvgIpc) is 2.51. The van der Waals surface area contributed by atoms with E-state index in [2.05, 4.69) is 36.3 Å². The Hall–Kier alpha value is -0.0800. The maximum absolute atomic E-state index is 5.15. The molecule has 0 atom stereocenters. The molecule has 0 radical (unpaired) electrons. The second-order valence-electron chi connectivity index (χ2n) is 6.61. The third-order valence-electron chi connectivity index (χ3n) is 4.18. The number of nitrogens with one attached hydrogen (secondary N) is 2. The summed E-state index contributed by atoms with van der Waals surface area (Å²) in [5.74, 6) is 2.43. The summed E-state index contributed by atoms with van der Waals surface area (Å²) in [5.41, 5.74) is 0. The van der Waals surface area contributed by atoms with E-state index in [4.69, 9.17) is 9.73 Å². The van der Waals surface area contributed by atoms with Crippen LogP contribution in [0.15, 0.2) is 4.99 Å². The van der Waals surface area contributed by atoms with Crippen molar-refractivity contribution in [2.75, 3.05) is 53.0 Å². The summed E-state index contributed by atoms with van der Waals surface area (Å²) in [6.45, 7) is 13.7. The van der Waals surface area contributed by atoms with Gasteiger partial charge in [-0.25, -0.2) is 0 Å². The molecule has 0 aromatic heterocycles. The van der Waals surface area contributed by atoms with Gasteiger partial charge < -0.3 is 20.3 Å². The number of halogens is 1. The van der Waals surface area contributed by atoms with Crippen molar-refractivity contribution in [2.24, 2.45) is 16.8 Å². The van der Waals surface area contributed by atoms with E-state index >= 15 is 0 Å². The number of hydrogen-bond donors (Lipinski definition) is 2. The van der Waals surface area contributed by atoms with Crippen LogP contribution in [0.25, 0.3) is 0 Å². The predicted octanol–water partition coefficient (Wildman–Crippen LogP) is 2.56. The van der Waals surface area contributed by atoms with Crippen LogP contribution in [0.3, 0.4) is 0 Å². The highest BCUT2D eigenvalue weighted by molar-refractivity contribution is 14.0. The van der Waals surface area contributed by atoms with Crippen molar-refractivity contribution in [3.63, 3.8) is 0 Å². The molecular formula is C17H37IN4O. The Kier molecular flexibility index (Phi) is 14.2. The molecule has 0 spiro atoms. The number of hydrogen-bond acceptors (Lipinski definition) is 3. The predicted molar refractivity (Wildman–Crippen MR) is 110 cm³/mol. The number of nitrogens with zero attached hydrogens (tertiary/aromatic N) is 2. The van der Waals surface area contributed by atoms with Gasteiger partial charge in [0.1, 0.15) is 0 Å². The summed E-state index contributed by atoms with van der Waals surface area (Å²) in [6, 6.07) is 0. The first-order valence-corrected chi connectivity index (χ1v) is 8.89. The van der Waals surface area contributed by atoms with Crippen molar-refractivity contribution < 1.29 is 4.74 Å². The molecule has 0 amide bonds. The fourth-order valence-corrected chi connectivity index (χ4v) is 2.65. The first-order chi connectivity index (χ1) is 10.7. The number of guanidine groups is 1. The minimum atomic E-state index is 0. The average molecular weight is 440 g/mol. The van der Waals surface area contributed by atoms with Crippen LogP contribution in [0, 0.1) is 11.8 Å². The Balaban J connectivity index is 0.00000484. The Bertz CT molecular complexity index is 305. The van der Waals surface area contributed by atoms with Gasteiger partial charge >= 0.3 is 0 Å². The van der Waals surface area contributed by atoms with Crippen LogP contribution in [0.1, 0.15) is 40.0 Å². The highest BCUT2D eigenvalue weighted by Gasteiger charge is 2.18. The maximum atomic E-state index is 5.15. The molecule has 5 nitrogen and oxygen atoms in total. The molecule has 0 aromatic carbocycles.